The van der Waals surface area contributed by atoms with Crippen molar-refractivity contribution in [3.05, 3.63) is 92.5 Å². The zero-order valence-corrected chi connectivity index (χ0v) is 17.4. The van der Waals surface area contributed by atoms with Crippen LogP contribution in [0, 0.1) is 13.8 Å². The normalized spacial score (nSPS) is 17.1. The van der Waals surface area contributed by atoms with Crippen LogP contribution in [0.25, 0.3) is 6.08 Å². The number of nitrogens with zero attached hydrogens (tertiary/aromatic N) is 2. The van der Waals surface area contributed by atoms with E-state index in [0.29, 0.717) is 11.4 Å². The van der Waals surface area contributed by atoms with Gasteiger partial charge in [-0.2, -0.15) is 0 Å². The molecule has 1 fully saturated rings. The number of carbonyl (C=O) groups excluding carboxylic acids is 1. The minimum absolute atomic E-state index is 0.00498. The fraction of sp³-hybridized carbons (Fsp3) is 0.130. The maximum Gasteiger partial charge on any atom is 0.267 e. The molecular weight excluding hydrogens is 384 g/mol. The predicted octanol–water partition coefficient (Wildman–Crippen LogP) is 6.17. The summed E-state index contributed by atoms with van der Waals surface area (Å²) in [5.41, 5.74) is 4.24. The van der Waals surface area contributed by atoms with Crippen molar-refractivity contribution in [2.75, 3.05) is 0 Å². The molecule has 0 radical (unpaired) electrons. The Labute approximate surface area is 173 Å². The van der Waals surface area contributed by atoms with E-state index in [2.05, 4.69) is 25.1 Å². The molecule has 140 valence electrons. The summed E-state index contributed by atoms with van der Waals surface area (Å²) in [7, 11) is 0. The largest absolute Gasteiger partial charge is 0.281 e. The molecule has 0 atom stereocenters. The molecule has 1 aromatic heterocycles. The number of carbonyl (C=O) groups is 1. The Kier molecular flexibility index (Phi) is 5.46. The molecule has 28 heavy (non-hydrogen) atoms. The van der Waals surface area contributed by atoms with Crippen LogP contribution >= 0.6 is 23.1 Å². The highest BCUT2D eigenvalue weighted by molar-refractivity contribution is 8.18. The van der Waals surface area contributed by atoms with Crippen molar-refractivity contribution in [1.29, 1.82) is 0 Å². The molecule has 5 heteroatoms. The molecule has 2 aromatic carbocycles. The molecule has 1 aliphatic heterocycles. The number of aryl methyl sites for hydroxylation is 2. The van der Waals surface area contributed by atoms with Gasteiger partial charge in [0.1, 0.15) is 0 Å². The van der Waals surface area contributed by atoms with Gasteiger partial charge in [-0.1, -0.05) is 48.0 Å². The van der Waals surface area contributed by atoms with Gasteiger partial charge in [0.25, 0.3) is 5.91 Å². The number of hydrogen-bond acceptors (Lipinski definition) is 4. The molecular formula is C23H20N2OS2. The maximum absolute atomic E-state index is 13.1. The molecule has 1 aliphatic rings. The minimum atomic E-state index is 0.00498. The highest BCUT2D eigenvalue weighted by atomic mass is 32.2. The quantitative estimate of drug-likeness (QED) is 0.487. The Bertz CT molecular complexity index is 1050. The molecule has 3 aromatic rings. The van der Waals surface area contributed by atoms with E-state index in [9.17, 15) is 4.79 Å². The number of benzene rings is 2. The van der Waals surface area contributed by atoms with Gasteiger partial charge in [0.2, 0.25) is 0 Å². The van der Waals surface area contributed by atoms with Crippen LogP contribution in [0.2, 0.25) is 0 Å². The van der Waals surface area contributed by atoms with Gasteiger partial charge in [-0.15, -0.1) is 11.3 Å². The van der Waals surface area contributed by atoms with Crippen LogP contribution in [0.5, 0.6) is 0 Å². The molecule has 1 saturated heterocycles. The average Bonchev–Trinajstić information content (AvgIpc) is 3.28. The summed E-state index contributed by atoms with van der Waals surface area (Å²) < 4.78 is 0. The zero-order valence-electron chi connectivity index (χ0n) is 15.8. The van der Waals surface area contributed by atoms with Gasteiger partial charge in [-0.05, 0) is 66.4 Å². The standard InChI is InChI=1S/C23H20N2OS2/c1-16-8-10-18(11-9-16)14-21-22(26)25(15-20-7-4-12-27-20)23(28-21)24-19-6-3-5-17(2)13-19/h3-14H,15H2,1-2H3. The van der Waals surface area contributed by atoms with Crippen LogP contribution in [-0.4, -0.2) is 16.0 Å². The molecule has 0 spiro atoms. The highest BCUT2D eigenvalue weighted by Crippen LogP contribution is 2.35. The van der Waals surface area contributed by atoms with Crippen molar-refractivity contribution in [2.45, 2.75) is 20.4 Å². The molecule has 0 N–H and O–H groups in total. The van der Waals surface area contributed by atoms with E-state index in [-0.39, 0.29) is 5.91 Å². The molecule has 3 nitrogen and oxygen atoms in total. The number of thiophene rings is 1. The van der Waals surface area contributed by atoms with E-state index >= 15 is 0 Å². The smallest absolute Gasteiger partial charge is 0.267 e. The van der Waals surface area contributed by atoms with E-state index in [1.54, 1.807) is 16.2 Å². The number of hydrogen-bond donors (Lipinski definition) is 0. The van der Waals surface area contributed by atoms with Gasteiger partial charge >= 0.3 is 0 Å². The van der Waals surface area contributed by atoms with Crippen molar-refractivity contribution in [1.82, 2.24) is 4.90 Å². The van der Waals surface area contributed by atoms with E-state index in [0.717, 1.165) is 26.9 Å². The Morgan fingerprint density at radius 2 is 1.82 bits per heavy atom. The van der Waals surface area contributed by atoms with Gasteiger partial charge < -0.3 is 0 Å². The second-order valence-corrected chi connectivity index (χ2v) is 8.77. The van der Waals surface area contributed by atoms with Gasteiger partial charge in [0.05, 0.1) is 17.1 Å². The third kappa shape index (κ3) is 4.26. The fourth-order valence-electron chi connectivity index (χ4n) is 2.91. The third-order valence-electron chi connectivity index (χ3n) is 4.38. The number of amidine groups is 1. The highest BCUT2D eigenvalue weighted by Gasteiger charge is 2.33. The summed E-state index contributed by atoms with van der Waals surface area (Å²) >= 11 is 3.09. The van der Waals surface area contributed by atoms with Gasteiger partial charge in [-0.3, -0.25) is 9.69 Å². The first kappa shape index (κ1) is 18.7. The SMILES string of the molecule is Cc1ccc(C=C2SC(=Nc3cccc(C)c3)N(Cc3cccs3)C2=O)cc1. The van der Waals surface area contributed by atoms with Crippen LogP contribution < -0.4 is 0 Å². The first-order chi connectivity index (χ1) is 13.6. The average molecular weight is 405 g/mol. The van der Waals surface area contributed by atoms with Crippen LogP contribution in [0.1, 0.15) is 21.6 Å². The van der Waals surface area contributed by atoms with Gasteiger partial charge in [-0.25, -0.2) is 4.99 Å². The lowest BCUT2D eigenvalue weighted by molar-refractivity contribution is -0.122. The summed E-state index contributed by atoms with van der Waals surface area (Å²) in [4.78, 5) is 21.5. The maximum atomic E-state index is 13.1. The Morgan fingerprint density at radius 1 is 1.00 bits per heavy atom. The monoisotopic (exact) mass is 404 g/mol. The van der Waals surface area contributed by atoms with Crippen molar-refractivity contribution >= 4 is 45.9 Å². The van der Waals surface area contributed by atoms with Crippen LogP contribution in [0.15, 0.2) is 75.9 Å². The van der Waals surface area contributed by atoms with Crippen LogP contribution in [-0.2, 0) is 11.3 Å². The molecule has 4 rings (SSSR count). The lowest BCUT2D eigenvalue weighted by atomic mass is 10.1. The predicted molar refractivity (Wildman–Crippen MR) is 120 cm³/mol. The summed E-state index contributed by atoms with van der Waals surface area (Å²) in [5.74, 6) is 0.00498. The summed E-state index contributed by atoms with van der Waals surface area (Å²) in [5, 5.41) is 2.76. The lowest BCUT2D eigenvalue weighted by Gasteiger charge is -2.14. The Hall–Kier alpha value is -2.63. The topological polar surface area (TPSA) is 32.7 Å². The number of thioether (sulfide) groups is 1. The van der Waals surface area contributed by atoms with Crippen molar-refractivity contribution in [2.24, 2.45) is 4.99 Å². The molecule has 2 heterocycles. The molecule has 1 amide bonds. The Morgan fingerprint density at radius 3 is 2.54 bits per heavy atom. The third-order valence-corrected chi connectivity index (χ3v) is 6.25. The summed E-state index contributed by atoms with van der Waals surface area (Å²) in [6, 6.07) is 20.3. The summed E-state index contributed by atoms with van der Waals surface area (Å²) in [6.45, 7) is 4.64. The number of rotatable bonds is 4. The zero-order chi connectivity index (χ0) is 19.5. The van der Waals surface area contributed by atoms with E-state index in [1.807, 2.05) is 60.8 Å². The second kappa shape index (κ2) is 8.17. The van der Waals surface area contributed by atoms with Crippen LogP contribution in [0.4, 0.5) is 5.69 Å². The van der Waals surface area contributed by atoms with Crippen molar-refractivity contribution in [3.63, 3.8) is 0 Å². The van der Waals surface area contributed by atoms with E-state index < -0.39 is 0 Å². The number of amides is 1. The Balaban J connectivity index is 1.69. The molecule has 0 saturated carbocycles. The molecule has 0 aliphatic carbocycles. The first-order valence-corrected chi connectivity index (χ1v) is 10.7. The second-order valence-electron chi connectivity index (χ2n) is 6.73. The molecule has 0 bridgehead atoms. The lowest BCUT2D eigenvalue weighted by Crippen LogP contribution is -2.28. The van der Waals surface area contributed by atoms with Gasteiger partial charge in [0.15, 0.2) is 5.17 Å². The minimum Gasteiger partial charge on any atom is -0.281 e. The first-order valence-electron chi connectivity index (χ1n) is 9.04. The van der Waals surface area contributed by atoms with Gasteiger partial charge in [0, 0.05) is 4.88 Å². The number of aliphatic imine (C=N–C) groups is 1. The molecule has 0 unspecified atom stereocenters. The van der Waals surface area contributed by atoms with Crippen molar-refractivity contribution < 1.29 is 4.79 Å². The van der Waals surface area contributed by atoms with Crippen molar-refractivity contribution in [3.8, 4) is 0 Å². The van der Waals surface area contributed by atoms with Crippen LogP contribution in [0.3, 0.4) is 0 Å². The van der Waals surface area contributed by atoms with E-state index in [4.69, 9.17) is 4.99 Å². The summed E-state index contributed by atoms with van der Waals surface area (Å²) in [6.07, 6.45) is 1.95. The fourth-order valence-corrected chi connectivity index (χ4v) is 4.60. The van der Waals surface area contributed by atoms with E-state index in [1.165, 1.54) is 17.3 Å².